The van der Waals surface area contributed by atoms with Crippen LogP contribution in [0.1, 0.15) is 11.1 Å². The molecule has 5 aromatic rings. The molecular formula is C25H18N6O. The topological polar surface area (TPSA) is 76.7 Å². The Hall–Kier alpha value is -4.52. The lowest BCUT2D eigenvalue weighted by Crippen LogP contribution is -2.00. The third kappa shape index (κ3) is 3.45. The van der Waals surface area contributed by atoms with E-state index in [9.17, 15) is 0 Å². The van der Waals surface area contributed by atoms with E-state index in [1.54, 1.807) is 18.6 Å². The predicted molar refractivity (Wildman–Crippen MR) is 124 cm³/mol. The zero-order valence-corrected chi connectivity index (χ0v) is 17.0. The van der Waals surface area contributed by atoms with Crippen molar-refractivity contribution in [1.29, 1.82) is 0 Å². The quantitative estimate of drug-likeness (QED) is 0.421. The summed E-state index contributed by atoms with van der Waals surface area (Å²) in [5.74, 6) is 2.18. The van der Waals surface area contributed by atoms with Crippen LogP contribution < -0.4 is 10.1 Å². The highest BCUT2D eigenvalue weighted by Crippen LogP contribution is 2.28. The molecule has 0 saturated heterocycles. The first-order valence-corrected chi connectivity index (χ1v) is 10.2. The number of benzene rings is 2. The molecule has 32 heavy (non-hydrogen) atoms. The minimum atomic E-state index is 0.687. The van der Waals surface area contributed by atoms with Crippen molar-refractivity contribution in [3.63, 3.8) is 0 Å². The van der Waals surface area contributed by atoms with Crippen LogP contribution in [0.2, 0.25) is 0 Å². The first kappa shape index (κ1) is 18.3. The van der Waals surface area contributed by atoms with Gasteiger partial charge >= 0.3 is 0 Å². The van der Waals surface area contributed by atoms with Crippen LogP contribution in [-0.2, 0) is 6.54 Å². The molecule has 7 heteroatoms. The summed E-state index contributed by atoms with van der Waals surface area (Å²) in [5.41, 5.74) is 5.96. The van der Waals surface area contributed by atoms with Crippen LogP contribution in [0.5, 0.6) is 11.5 Å². The number of anilines is 2. The molecule has 0 spiro atoms. The molecule has 154 valence electrons. The average Bonchev–Trinajstić information content (AvgIpc) is 3.50. The van der Waals surface area contributed by atoms with Gasteiger partial charge in [0.05, 0.1) is 12.2 Å². The number of aliphatic imine (C=N–C) groups is 1. The first-order chi connectivity index (χ1) is 15.8. The van der Waals surface area contributed by atoms with Gasteiger partial charge in [0.2, 0.25) is 0 Å². The van der Waals surface area contributed by atoms with Crippen molar-refractivity contribution < 1.29 is 4.74 Å². The van der Waals surface area contributed by atoms with Crippen LogP contribution in [0.3, 0.4) is 0 Å². The third-order valence-electron chi connectivity index (χ3n) is 5.31. The van der Waals surface area contributed by atoms with Gasteiger partial charge in [-0.1, -0.05) is 12.1 Å². The molecule has 1 aliphatic heterocycles. The fraction of sp³-hybridized carbons (Fsp3) is 0.0400. The van der Waals surface area contributed by atoms with E-state index in [0.717, 1.165) is 40.6 Å². The van der Waals surface area contributed by atoms with E-state index >= 15 is 0 Å². The van der Waals surface area contributed by atoms with Crippen molar-refractivity contribution in [1.82, 2.24) is 19.4 Å². The smallest absolute Gasteiger partial charge is 0.180 e. The average molecular weight is 418 g/mol. The fourth-order valence-corrected chi connectivity index (χ4v) is 3.71. The number of rotatable bonds is 5. The van der Waals surface area contributed by atoms with E-state index < -0.39 is 0 Å². The lowest BCUT2D eigenvalue weighted by molar-refractivity contribution is 0.482. The number of aromatic nitrogens is 4. The molecule has 7 nitrogen and oxygen atoms in total. The van der Waals surface area contributed by atoms with Gasteiger partial charge in [0.1, 0.15) is 11.5 Å². The number of imidazole rings is 1. The van der Waals surface area contributed by atoms with Gasteiger partial charge in [-0.25, -0.2) is 9.97 Å². The highest BCUT2D eigenvalue weighted by molar-refractivity contribution is 5.86. The van der Waals surface area contributed by atoms with Crippen LogP contribution in [0.15, 0.2) is 90.6 Å². The van der Waals surface area contributed by atoms with Gasteiger partial charge < -0.3 is 14.5 Å². The van der Waals surface area contributed by atoms with Crippen LogP contribution in [0.4, 0.5) is 11.5 Å². The third-order valence-corrected chi connectivity index (χ3v) is 5.31. The molecule has 0 amide bonds. The van der Waals surface area contributed by atoms with Gasteiger partial charge in [0.25, 0.3) is 0 Å². The second kappa shape index (κ2) is 7.63. The molecule has 0 atom stereocenters. The Bertz CT molecular complexity index is 1440. The number of fused-ring (bicyclic) bond motifs is 2. The summed E-state index contributed by atoms with van der Waals surface area (Å²) >= 11 is 0. The highest BCUT2D eigenvalue weighted by Gasteiger charge is 2.13. The molecule has 4 heterocycles. The van der Waals surface area contributed by atoms with E-state index in [1.165, 1.54) is 11.1 Å². The number of nitrogens with zero attached hydrogens (tertiary/aromatic N) is 5. The van der Waals surface area contributed by atoms with Gasteiger partial charge in [-0.05, 0) is 53.6 Å². The van der Waals surface area contributed by atoms with Crippen molar-refractivity contribution in [2.45, 2.75) is 6.54 Å². The molecule has 3 aromatic heterocycles. The van der Waals surface area contributed by atoms with E-state index in [4.69, 9.17) is 9.72 Å². The van der Waals surface area contributed by atoms with Gasteiger partial charge in [-0.3, -0.25) is 9.98 Å². The second-order valence-corrected chi connectivity index (χ2v) is 7.45. The Kier molecular flexibility index (Phi) is 4.35. The van der Waals surface area contributed by atoms with Crippen molar-refractivity contribution >= 4 is 23.4 Å². The molecule has 6 rings (SSSR count). The number of nitrogens with one attached hydrogen (secondary N) is 1. The summed E-state index contributed by atoms with van der Waals surface area (Å²) in [6.07, 6.45) is 11.0. The van der Waals surface area contributed by atoms with E-state index in [2.05, 4.69) is 38.5 Å². The Morgan fingerprint density at radius 3 is 2.62 bits per heavy atom. The predicted octanol–water partition coefficient (Wildman–Crippen LogP) is 5.26. The maximum absolute atomic E-state index is 5.84. The Balaban J connectivity index is 1.30. The highest BCUT2D eigenvalue weighted by atomic mass is 16.5. The summed E-state index contributed by atoms with van der Waals surface area (Å²) in [7, 11) is 0. The lowest BCUT2D eigenvalue weighted by Gasteiger charge is -2.11. The maximum Gasteiger partial charge on any atom is 0.180 e. The number of pyridine rings is 1. The Morgan fingerprint density at radius 1 is 0.906 bits per heavy atom. The van der Waals surface area contributed by atoms with Gasteiger partial charge in [-0.2, -0.15) is 0 Å². The van der Waals surface area contributed by atoms with Crippen LogP contribution >= 0.6 is 0 Å². The van der Waals surface area contributed by atoms with E-state index in [0.29, 0.717) is 5.82 Å². The van der Waals surface area contributed by atoms with Gasteiger partial charge in [0, 0.05) is 48.4 Å². The van der Waals surface area contributed by atoms with E-state index in [1.807, 2.05) is 59.4 Å². The second-order valence-electron chi connectivity index (χ2n) is 7.45. The molecule has 0 unspecified atom stereocenters. The molecule has 0 radical (unpaired) electrons. The summed E-state index contributed by atoms with van der Waals surface area (Å²) in [6.45, 7) is 0.718. The Labute approximate surface area is 184 Å². The molecule has 1 N–H and O–H groups in total. The minimum absolute atomic E-state index is 0.687. The summed E-state index contributed by atoms with van der Waals surface area (Å²) < 4.78 is 7.83. The van der Waals surface area contributed by atoms with E-state index in [-0.39, 0.29) is 0 Å². The van der Waals surface area contributed by atoms with Crippen LogP contribution in [0, 0.1) is 0 Å². The normalized spacial score (nSPS) is 12.1. The summed E-state index contributed by atoms with van der Waals surface area (Å²) in [5, 5.41) is 3.40. The van der Waals surface area contributed by atoms with Crippen molar-refractivity contribution in [3.05, 3.63) is 96.7 Å². The molecular weight excluding hydrogens is 400 g/mol. The first-order valence-electron chi connectivity index (χ1n) is 10.2. The zero-order valence-electron chi connectivity index (χ0n) is 17.0. The Morgan fingerprint density at radius 2 is 1.75 bits per heavy atom. The monoisotopic (exact) mass is 418 g/mol. The van der Waals surface area contributed by atoms with Crippen molar-refractivity contribution in [2.75, 3.05) is 5.32 Å². The number of hydrogen-bond donors (Lipinski definition) is 1. The molecule has 1 aliphatic rings. The van der Waals surface area contributed by atoms with Crippen LogP contribution in [-0.4, -0.2) is 25.6 Å². The number of ether oxygens (including phenoxy) is 1. The lowest BCUT2D eigenvalue weighted by atomic mass is 10.0. The molecule has 0 saturated carbocycles. The maximum atomic E-state index is 5.84. The van der Waals surface area contributed by atoms with Crippen molar-refractivity contribution in [2.24, 2.45) is 4.99 Å². The largest absolute Gasteiger partial charge is 0.457 e. The zero-order chi connectivity index (χ0) is 21.3. The summed E-state index contributed by atoms with van der Waals surface area (Å²) in [6, 6.07) is 17.7. The van der Waals surface area contributed by atoms with Crippen LogP contribution in [0.25, 0.3) is 16.9 Å². The standard InChI is InChI=1S/C25H18N6O/c1-2-18-14-27-15-19(18)13-17(1)23-16-31-12-11-28-25(31)24(30-23)29-20-3-5-21(6-4-20)32-22-7-9-26-10-8-22/h1-14,16H,15H2,(H,29,30). The molecule has 0 fully saturated rings. The summed E-state index contributed by atoms with van der Waals surface area (Å²) in [4.78, 5) is 17.7. The minimum Gasteiger partial charge on any atom is -0.457 e. The molecule has 2 aromatic carbocycles. The fourth-order valence-electron chi connectivity index (χ4n) is 3.71. The molecule has 0 bridgehead atoms. The van der Waals surface area contributed by atoms with Gasteiger partial charge in [-0.15, -0.1) is 0 Å². The molecule has 0 aliphatic carbocycles. The number of hydrogen-bond acceptors (Lipinski definition) is 6. The SMILES string of the molecule is C1=NCc2cc(-c3cn4ccnc4c(Nc4ccc(Oc5ccncc5)cc4)n3)ccc21. The van der Waals surface area contributed by atoms with Crippen molar-refractivity contribution in [3.8, 4) is 22.8 Å². The van der Waals surface area contributed by atoms with Gasteiger partial charge in [0.15, 0.2) is 11.5 Å².